The average molecular weight is 123 g/mol. The van der Waals surface area contributed by atoms with E-state index in [-0.39, 0.29) is 6.42 Å². The van der Waals surface area contributed by atoms with Crippen molar-refractivity contribution in [1.29, 1.82) is 5.26 Å². The number of aromatic nitrogens is 2. The highest BCUT2D eigenvalue weighted by atomic mass is 16.5. The van der Waals surface area contributed by atoms with E-state index in [1.165, 1.54) is 12.4 Å². The molecular weight excluding hydrogens is 118 g/mol. The minimum absolute atomic E-state index is 0.135. The van der Waals surface area contributed by atoms with E-state index in [9.17, 15) is 5.21 Å². The van der Waals surface area contributed by atoms with Crippen LogP contribution in [-0.4, -0.2) is 4.98 Å². The molecule has 0 atom stereocenters. The summed E-state index contributed by atoms with van der Waals surface area (Å²) in [6, 6.07) is 1.86. The van der Waals surface area contributed by atoms with Crippen molar-refractivity contribution in [2.45, 2.75) is 6.42 Å². The Hall–Kier alpha value is -1.50. The van der Waals surface area contributed by atoms with Gasteiger partial charge in [0.1, 0.15) is 18.8 Å². The summed E-state index contributed by atoms with van der Waals surface area (Å²) in [5.41, 5.74) is 0. The minimum atomic E-state index is 0.135. The lowest BCUT2D eigenvalue weighted by Crippen LogP contribution is -2.27. The Morgan fingerprint density at radius 1 is 1.89 bits per heavy atom. The monoisotopic (exact) mass is 123 g/mol. The molecule has 4 heteroatoms. The lowest BCUT2D eigenvalue weighted by atomic mass is 10.5. The number of nitriles is 1. The van der Waals surface area contributed by atoms with E-state index in [2.05, 4.69) is 4.98 Å². The number of rotatable bonds is 1. The Morgan fingerprint density at radius 2 is 2.67 bits per heavy atom. The van der Waals surface area contributed by atoms with Gasteiger partial charge in [-0.15, -0.1) is 0 Å². The summed E-state index contributed by atoms with van der Waals surface area (Å²) in [7, 11) is 0. The van der Waals surface area contributed by atoms with Crippen molar-refractivity contribution in [2.75, 3.05) is 0 Å². The van der Waals surface area contributed by atoms with Crippen LogP contribution in [0.4, 0.5) is 0 Å². The van der Waals surface area contributed by atoms with Crippen LogP contribution in [0.1, 0.15) is 5.82 Å². The third-order valence-corrected chi connectivity index (χ3v) is 0.972. The quantitative estimate of drug-likeness (QED) is 0.412. The van der Waals surface area contributed by atoms with Gasteiger partial charge in [0.25, 0.3) is 5.82 Å². The molecule has 0 amide bonds. The largest absolute Gasteiger partial charge is 0.711 e. The molecule has 0 aliphatic carbocycles. The maximum atomic E-state index is 10.5. The highest BCUT2D eigenvalue weighted by molar-refractivity contribution is 4.88. The van der Waals surface area contributed by atoms with E-state index >= 15 is 0 Å². The molecule has 0 fully saturated rings. The zero-order chi connectivity index (χ0) is 6.69. The van der Waals surface area contributed by atoms with Crippen molar-refractivity contribution >= 4 is 0 Å². The fraction of sp³-hybridized carbons (Fsp3) is 0.200. The van der Waals surface area contributed by atoms with Gasteiger partial charge in [-0.1, -0.05) is 0 Å². The molecule has 1 aromatic heterocycles. The van der Waals surface area contributed by atoms with Crippen molar-refractivity contribution < 1.29 is 4.73 Å². The Balaban J connectivity index is 2.84. The zero-order valence-corrected chi connectivity index (χ0v) is 4.66. The Labute approximate surface area is 51.9 Å². The minimum Gasteiger partial charge on any atom is -0.711 e. The average Bonchev–Trinajstić information content (AvgIpc) is 2.18. The number of H-pyrrole nitrogens is 1. The fourth-order valence-corrected chi connectivity index (χ4v) is 0.559. The molecular formula is C5H5N3O. The molecule has 0 bridgehead atoms. The molecule has 4 nitrogen and oxygen atoms in total. The van der Waals surface area contributed by atoms with Crippen LogP contribution in [0.25, 0.3) is 0 Å². The lowest BCUT2D eigenvalue weighted by molar-refractivity contribution is -0.611. The van der Waals surface area contributed by atoms with Gasteiger partial charge >= 0.3 is 0 Å². The first-order valence-corrected chi connectivity index (χ1v) is 2.47. The van der Waals surface area contributed by atoms with Gasteiger partial charge in [0, 0.05) is 0 Å². The highest BCUT2D eigenvalue weighted by Crippen LogP contribution is 1.83. The third-order valence-electron chi connectivity index (χ3n) is 0.972. The molecule has 0 aromatic carbocycles. The second-order valence-corrected chi connectivity index (χ2v) is 1.57. The molecule has 1 heterocycles. The second-order valence-electron chi connectivity index (χ2n) is 1.57. The highest BCUT2D eigenvalue weighted by Gasteiger charge is 2.00. The summed E-state index contributed by atoms with van der Waals surface area (Å²) < 4.78 is 0.642. The zero-order valence-electron chi connectivity index (χ0n) is 4.66. The van der Waals surface area contributed by atoms with Crippen molar-refractivity contribution in [3.63, 3.8) is 0 Å². The van der Waals surface area contributed by atoms with Crippen LogP contribution in [0.2, 0.25) is 0 Å². The number of nitrogens with zero attached hydrogens (tertiary/aromatic N) is 2. The van der Waals surface area contributed by atoms with Crippen LogP contribution < -0.4 is 4.73 Å². The van der Waals surface area contributed by atoms with E-state index in [4.69, 9.17) is 5.26 Å². The molecule has 1 rings (SSSR count). The number of aromatic amines is 1. The number of imidazole rings is 1. The van der Waals surface area contributed by atoms with Gasteiger partial charge < -0.3 is 5.21 Å². The molecule has 1 aromatic rings. The van der Waals surface area contributed by atoms with Gasteiger partial charge in [-0.2, -0.15) is 5.26 Å². The lowest BCUT2D eigenvalue weighted by Gasteiger charge is -1.94. The first-order valence-electron chi connectivity index (χ1n) is 2.47. The summed E-state index contributed by atoms with van der Waals surface area (Å²) in [4.78, 5) is 2.63. The van der Waals surface area contributed by atoms with Crippen LogP contribution in [-0.2, 0) is 6.42 Å². The van der Waals surface area contributed by atoms with E-state index in [1.54, 1.807) is 0 Å². The first kappa shape index (κ1) is 5.63. The SMILES string of the molecule is N#CCc1[nH]cc[n+]1[O-]. The first-order chi connectivity index (χ1) is 4.34. The maximum absolute atomic E-state index is 10.5. The van der Waals surface area contributed by atoms with Crippen molar-refractivity contribution in [3.05, 3.63) is 23.4 Å². The molecule has 0 aliphatic rings. The molecule has 9 heavy (non-hydrogen) atoms. The smallest absolute Gasteiger partial charge is 0.271 e. The van der Waals surface area contributed by atoms with E-state index in [1.807, 2.05) is 6.07 Å². The molecule has 0 saturated carbocycles. The Kier molecular flexibility index (Phi) is 1.36. The molecule has 0 radical (unpaired) electrons. The summed E-state index contributed by atoms with van der Waals surface area (Å²) in [6.45, 7) is 0. The summed E-state index contributed by atoms with van der Waals surface area (Å²) >= 11 is 0. The predicted molar refractivity (Wildman–Crippen MR) is 29.1 cm³/mol. The summed E-state index contributed by atoms with van der Waals surface area (Å²) in [5, 5.41) is 18.7. The summed E-state index contributed by atoms with van der Waals surface area (Å²) in [6.07, 6.45) is 2.96. The Morgan fingerprint density at radius 3 is 3.11 bits per heavy atom. The van der Waals surface area contributed by atoms with Gasteiger partial charge in [0.05, 0.1) is 6.07 Å². The third kappa shape index (κ3) is 0.995. The van der Waals surface area contributed by atoms with Crippen molar-refractivity contribution in [2.24, 2.45) is 0 Å². The van der Waals surface area contributed by atoms with Gasteiger partial charge in [0.2, 0.25) is 0 Å². The van der Waals surface area contributed by atoms with Crippen LogP contribution in [0.5, 0.6) is 0 Å². The van der Waals surface area contributed by atoms with Gasteiger partial charge in [-0.25, -0.2) is 9.71 Å². The van der Waals surface area contributed by atoms with Crippen molar-refractivity contribution in [3.8, 4) is 6.07 Å². The molecule has 0 aliphatic heterocycles. The predicted octanol–water partition coefficient (Wildman–Crippen LogP) is -0.286. The second kappa shape index (κ2) is 2.18. The van der Waals surface area contributed by atoms with E-state index in [0.29, 0.717) is 10.6 Å². The number of nitrogens with one attached hydrogen (secondary N) is 1. The normalized spacial score (nSPS) is 8.78. The number of hydrogen-bond acceptors (Lipinski definition) is 2. The molecule has 1 N–H and O–H groups in total. The molecule has 0 saturated heterocycles. The van der Waals surface area contributed by atoms with Gasteiger partial charge in [-0.05, 0) is 0 Å². The van der Waals surface area contributed by atoms with Gasteiger partial charge in [0.15, 0.2) is 0 Å². The van der Waals surface area contributed by atoms with Crippen LogP contribution in [0.3, 0.4) is 0 Å². The standard InChI is InChI=1S/C5H5N3O/c6-2-1-5-7-3-4-8(5)9/h3-4,7H,1H2. The Bertz CT molecular complexity index is 235. The summed E-state index contributed by atoms with van der Waals surface area (Å²) in [5.74, 6) is 0.387. The van der Waals surface area contributed by atoms with Crippen LogP contribution >= 0.6 is 0 Å². The van der Waals surface area contributed by atoms with Crippen molar-refractivity contribution in [1.82, 2.24) is 4.98 Å². The molecule has 46 valence electrons. The van der Waals surface area contributed by atoms with Crippen LogP contribution in [0, 0.1) is 16.5 Å². The fourth-order valence-electron chi connectivity index (χ4n) is 0.559. The van der Waals surface area contributed by atoms with E-state index < -0.39 is 0 Å². The topological polar surface area (TPSA) is 66.5 Å². The maximum Gasteiger partial charge on any atom is 0.271 e. The van der Waals surface area contributed by atoms with E-state index in [0.717, 1.165) is 0 Å². The molecule has 0 spiro atoms. The van der Waals surface area contributed by atoms with Crippen LogP contribution in [0.15, 0.2) is 12.4 Å². The molecule has 0 unspecified atom stereocenters. The van der Waals surface area contributed by atoms with Gasteiger partial charge in [-0.3, -0.25) is 0 Å². The number of hydrogen-bond donors (Lipinski definition) is 1.